The van der Waals surface area contributed by atoms with Gasteiger partial charge in [-0.25, -0.2) is 0 Å². The van der Waals surface area contributed by atoms with Gasteiger partial charge in [0, 0.05) is 25.0 Å². The maximum absolute atomic E-state index is 5.53. The van der Waals surface area contributed by atoms with E-state index in [9.17, 15) is 0 Å². The summed E-state index contributed by atoms with van der Waals surface area (Å²) in [4.78, 5) is 7.71. The van der Waals surface area contributed by atoms with E-state index in [4.69, 9.17) is 10.7 Å². The fraction of sp³-hybridized carbons (Fsp3) is 0.567. The normalized spacial score (nSPS) is 24.0. The molecule has 2 aliphatic rings. The Hall–Kier alpha value is -2.41. The van der Waals surface area contributed by atoms with Gasteiger partial charge in [0.2, 0.25) is 0 Å². The summed E-state index contributed by atoms with van der Waals surface area (Å²) in [6, 6.07) is 17.9. The van der Waals surface area contributed by atoms with Crippen molar-refractivity contribution >= 4 is 17.2 Å². The van der Waals surface area contributed by atoms with Crippen molar-refractivity contribution in [1.29, 1.82) is 0 Å². The van der Waals surface area contributed by atoms with Crippen LogP contribution in [0.4, 0.5) is 11.4 Å². The molecule has 0 saturated heterocycles. The number of aliphatic imine (C=N–C) groups is 1. The summed E-state index contributed by atoms with van der Waals surface area (Å²) >= 11 is 0. The minimum absolute atomic E-state index is 0.0914. The molecule has 0 saturated carbocycles. The summed E-state index contributed by atoms with van der Waals surface area (Å²) in [6.07, 6.45) is 5.58. The number of benzene rings is 2. The maximum atomic E-state index is 5.53. The first kappa shape index (κ1) is 26.6. The maximum Gasteiger partial charge on any atom is 0.109 e. The number of fused-ring (bicyclic) bond motifs is 4. The molecule has 196 valence electrons. The molecule has 0 bridgehead atoms. The van der Waals surface area contributed by atoms with E-state index in [1.54, 1.807) is 0 Å². The monoisotopic (exact) mass is 490 g/mol. The molecule has 5 N–H and O–H groups in total. The predicted molar refractivity (Wildman–Crippen MR) is 154 cm³/mol. The van der Waals surface area contributed by atoms with Gasteiger partial charge < -0.3 is 26.6 Å². The first-order chi connectivity index (χ1) is 17.6. The van der Waals surface area contributed by atoms with Crippen LogP contribution in [0.3, 0.4) is 0 Å². The molecule has 0 fully saturated rings. The highest BCUT2D eigenvalue weighted by molar-refractivity contribution is 6.04. The molecular weight excluding hydrogens is 444 g/mol. The Morgan fingerprint density at radius 2 is 1.58 bits per heavy atom. The lowest BCUT2D eigenvalue weighted by molar-refractivity contribution is 0.321. The summed E-state index contributed by atoms with van der Waals surface area (Å²) < 4.78 is 0. The fourth-order valence-electron chi connectivity index (χ4n) is 6.14. The highest BCUT2D eigenvalue weighted by atomic mass is 15.2. The van der Waals surface area contributed by atoms with Crippen molar-refractivity contribution in [2.45, 2.75) is 57.9 Å². The van der Waals surface area contributed by atoms with E-state index in [-0.39, 0.29) is 11.5 Å². The van der Waals surface area contributed by atoms with Crippen LogP contribution in [0.15, 0.2) is 53.5 Å². The third-order valence-electron chi connectivity index (χ3n) is 7.91. The van der Waals surface area contributed by atoms with Crippen molar-refractivity contribution in [3.05, 3.63) is 59.7 Å². The van der Waals surface area contributed by atoms with Gasteiger partial charge in [0.1, 0.15) is 5.84 Å². The average Bonchev–Trinajstić information content (AvgIpc) is 2.97. The minimum Gasteiger partial charge on any atom is -0.366 e. The molecule has 4 rings (SSSR count). The first-order valence-corrected chi connectivity index (χ1v) is 13.9. The number of anilines is 2. The van der Waals surface area contributed by atoms with Gasteiger partial charge in [-0.05, 0) is 94.0 Å². The van der Waals surface area contributed by atoms with Crippen molar-refractivity contribution in [3.63, 3.8) is 0 Å². The Morgan fingerprint density at radius 3 is 2.33 bits per heavy atom. The number of hydrogen-bond donors (Lipinski definition) is 4. The molecular formula is C30H46N6. The number of rotatable bonds is 12. The molecule has 0 spiro atoms. The van der Waals surface area contributed by atoms with E-state index in [1.807, 2.05) is 0 Å². The van der Waals surface area contributed by atoms with E-state index in [1.165, 1.54) is 35.3 Å². The predicted octanol–water partition coefficient (Wildman–Crippen LogP) is 4.90. The van der Waals surface area contributed by atoms with Crippen LogP contribution in [0.25, 0.3) is 0 Å². The lowest BCUT2D eigenvalue weighted by Gasteiger charge is -2.47. The van der Waals surface area contributed by atoms with E-state index in [0.717, 1.165) is 64.4 Å². The zero-order chi connectivity index (χ0) is 25.4. The summed E-state index contributed by atoms with van der Waals surface area (Å²) in [5, 5.41) is 10.8. The van der Waals surface area contributed by atoms with Crippen LogP contribution in [-0.4, -0.2) is 52.2 Å². The van der Waals surface area contributed by atoms with Gasteiger partial charge in [-0.3, -0.25) is 4.99 Å². The van der Waals surface area contributed by atoms with Gasteiger partial charge in [0.15, 0.2) is 0 Å². The van der Waals surface area contributed by atoms with E-state index >= 15 is 0 Å². The van der Waals surface area contributed by atoms with Gasteiger partial charge in [-0.2, -0.15) is 0 Å². The largest absolute Gasteiger partial charge is 0.366 e. The minimum atomic E-state index is -0.0914. The number of unbranched alkanes of at least 4 members (excludes halogenated alkanes) is 1. The van der Waals surface area contributed by atoms with Crippen LogP contribution < -0.4 is 26.6 Å². The third kappa shape index (κ3) is 5.93. The Morgan fingerprint density at radius 1 is 0.944 bits per heavy atom. The molecule has 2 aromatic rings. The highest BCUT2D eigenvalue weighted by Crippen LogP contribution is 2.55. The highest BCUT2D eigenvalue weighted by Gasteiger charge is 2.49. The fourth-order valence-corrected chi connectivity index (χ4v) is 6.14. The second-order valence-corrected chi connectivity index (χ2v) is 10.7. The van der Waals surface area contributed by atoms with Gasteiger partial charge in [-0.1, -0.05) is 50.2 Å². The van der Waals surface area contributed by atoms with Crippen molar-refractivity contribution < 1.29 is 0 Å². The van der Waals surface area contributed by atoms with Gasteiger partial charge >= 0.3 is 0 Å². The molecule has 0 aliphatic carbocycles. The number of amidine groups is 1. The molecule has 2 aliphatic heterocycles. The lowest BCUT2D eigenvalue weighted by Crippen LogP contribution is -2.48. The zero-order valence-corrected chi connectivity index (χ0v) is 22.5. The Kier molecular flexibility index (Phi) is 9.41. The third-order valence-corrected chi connectivity index (χ3v) is 7.91. The number of hydrogen-bond acceptors (Lipinski definition) is 5. The molecule has 2 heterocycles. The first-order valence-electron chi connectivity index (χ1n) is 13.9. The Balaban J connectivity index is 1.39. The second kappa shape index (κ2) is 12.7. The smallest absolute Gasteiger partial charge is 0.109 e. The van der Waals surface area contributed by atoms with Gasteiger partial charge in [0.05, 0.1) is 11.5 Å². The molecule has 0 radical (unpaired) electrons. The standard InChI is InChI=1S/C30H46N6/c1-23-22-30(2)28(36(3)27-15-7-5-12-24(23)27)25-13-4-6-14-26(25)35-29(30)34-21-11-20-33-18-9-8-17-32-19-10-16-31/h4-7,12-15,23,28,32-33H,8-11,16-22,31H2,1-3H3,(H,34,35)/t23-,28-,30-/m0/s1. The SMILES string of the molecule is C[C@H]1C[C@]2(C)C(=NCCCNCCCCNCCCN)Nc3ccccc3[C@@H]2N(C)c2ccccc21. The molecule has 0 amide bonds. The molecule has 2 aromatic carbocycles. The average molecular weight is 491 g/mol. The summed E-state index contributed by atoms with van der Waals surface area (Å²) in [5.74, 6) is 1.60. The lowest BCUT2D eigenvalue weighted by atomic mass is 9.69. The van der Waals surface area contributed by atoms with Crippen molar-refractivity contribution in [2.24, 2.45) is 16.1 Å². The number of nitrogens with zero attached hydrogens (tertiary/aromatic N) is 2. The summed E-state index contributed by atoms with van der Waals surface area (Å²) in [5.41, 5.74) is 10.8. The molecule has 6 heteroatoms. The van der Waals surface area contributed by atoms with Gasteiger partial charge in [-0.15, -0.1) is 0 Å². The van der Waals surface area contributed by atoms with Crippen molar-refractivity contribution in [3.8, 4) is 0 Å². The van der Waals surface area contributed by atoms with Crippen LogP contribution in [0.5, 0.6) is 0 Å². The van der Waals surface area contributed by atoms with Crippen LogP contribution in [0, 0.1) is 5.41 Å². The van der Waals surface area contributed by atoms with Gasteiger partial charge in [0.25, 0.3) is 0 Å². The second-order valence-electron chi connectivity index (χ2n) is 10.7. The van der Waals surface area contributed by atoms with E-state index < -0.39 is 0 Å². The molecule has 0 aromatic heterocycles. The Labute approximate surface area is 218 Å². The summed E-state index contributed by atoms with van der Waals surface area (Å²) in [7, 11) is 2.26. The Bertz CT molecular complexity index is 1000. The van der Waals surface area contributed by atoms with Crippen molar-refractivity contribution in [1.82, 2.24) is 10.6 Å². The molecule has 3 atom stereocenters. The van der Waals surface area contributed by atoms with Crippen molar-refractivity contribution in [2.75, 3.05) is 56.5 Å². The number of para-hydroxylation sites is 2. The molecule has 36 heavy (non-hydrogen) atoms. The zero-order valence-electron chi connectivity index (χ0n) is 22.5. The van der Waals surface area contributed by atoms with E-state index in [2.05, 4.69) is 90.3 Å². The molecule has 6 nitrogen and oxygen atoms in total. The van der Waals surface area contributed by atoms with Crippen LogP contribution in [-0.2, 0) is 0 Å². The number of nitrogens with one attached hydrogen (secondary N) is 3. The number of nitrogens with two attached hydrogens (primary N) is 1. The van der Waals surface area contributed by atoms with E-state index in [0.29, 0.717) is 5.92 Å². The summed E-state index contributed by atoms with van der Waals surface area (Å²) in [6.45, 7) is 10.6. The topological polar surface area (TPSA) is 77.7 Å². The van der Waals surface area contributed by atoms with Crippen LogP contribution in [0.2, 0.25) is 0 Å². The van der Waals surface area contributed by atoms with Crippen LogP contribution >= 0.6 is 0 Å². The quantitative estimate of drug-likeness (QED) is 0.318. The van der Waals surface area contributed by atoms with Crippen LogP contribution in [0.1, 0.15) is 69.0 Å². The molecule has 0 unspecified atom stereocenters.